The van der Waals surface area contributed by atoms with Crippen LogP contribution in [0.1, 0.15) is 79.9 Å². The first-order valence-corrected chi connectivity index (χ1v) is 16.1. The zero-order valence-corrected chi connectivity index (χ0v) is 27.9. The number of fused-ring (bicyclic) bond motifs is 1. The molecule has 6 atom stereocenters. The molecule has 13 heteroatoms. The van der Waals surface area contributed by atoms with E-state index in [1.54, 1.807) is 46.8 Å². The third-order valence-electron chi connectivity index (χ3n) is 9.96. The zero-order chi connectivity index (χ0) is 34.1. The van der Waals surface area contributed by atoms with Gasteiger partial charge in [-0.2, -0.15) is 0 Å². The maximum Gasteiger partial charge on any atom is 0.329 e. The zero-order valence-electron chi connectivity index (χ0n) is 27.9. The molecule has 1 aromatic heterocycles. The van der Waals surface area contributed by atoms with Crippen LogP contribution in [-0.4, -0.2) is 71.1 Å². The minimum Gasteiger partial charge on any atom is -0.466 e. The summed E-state index contributed by atoms with van der Waals surface area (Å²) in [5, 5.41) is 8.17. The van der Waals surface area contributed by atoms with Gasteiger partial charge in [0.05, 0.1) is 12.3 Å². The van der Waals surface area contributed by atoms with Gasteiger partial charge in [-0.3, -0.25) is 19.2 Å². The van der Waals surface area contributed by atoms with Crippen molar-refractivity contribution in [2.24, 2.45) is 40.2 Å². The van der Waals surface area contributed by atoms with E-state index in [2.05, 4.69) is 16.0 Å². The van der Waals surface area contributed by atoms with Gasteiger partial charge in [0.2, 0.25) is 17.6 Å². The molecule has 0 spiro atoms. The highest BCUT2D eigenvalue weighted by molar-refractivity contribution is 6.37. The fourth-order valence-corrected chi connectivity index (χ4v) is 6.79. The minimum atomic E-state index is -1.11. The minimum absolute atomic E-state index is 0.0489. The molecule has 1 saturated heterocycles. The maximum absolute atomic E-state index is 14.2. The quantitative estimate of drug-likeness (QED) is 0.186. The number of esters is 1. The SMILES string of the molecule is CC(C)[C@H](NC(=O)N[C@H](C(=O)N1C[C@H]2[C@@H]([C@H]1C(=O)NC(CC1CCC1)C(=O)C(N)=O)C2(C)C)C(C)(C)C)C(=O)OCc1ccco1. The third kappa shape index (κ3) is 7.55. The first kappa shape index (κ1) is 35.0. The number of hydrogen-bond donors (Lipinski definition) is 4. The average Bonchev–Trinajstić information content (AvgIpc) is 3.38. The van der Waals surface area contributed by atoms with Crippen LogP contribution in [0.3, 0.4) is 0 Å². The number of piperidine rings is 1. The number of carbonyl (C=O) groups excluding carboxylic acids is 6. The van der Waals surface area contributed by atoms with Crippen LogP contribution in [-0.2, 0) is 35.3 Å². The van der Waals surface area contributed by atoms with E-state index in [-0.39, 0.29) is 35.7 Å². The van der Waals surface area contributed by atoms with Crippen LogP contribution in [0.25, 0.3) is 0 Å². The summed E-state index contributed by atoms with van der Waals surface area (Å²) < 4.78 is 10.5. The van der Waals surface area contributed by atoms with Crippen molar-refractivity contribution < 1.29 is 37.9 Å². The Morgan fingerprint density at radius 1 is 1.09 bits per heavy atom. The number of Topliss-reactive ketones (excluding diaryl/α,β-unsaturated/α-hetero) is 1. The van der Waals surface area contributed by atoms with Gasteiger partial charge < -0.3 is 35.7 Å². The topological polar surface area (TPSA) is 190 Å². The van der Waals surface area contributed by atoms with E-state index in [4.69, 9.17) is 14.9 Å². The average molecular weight is 644 g/mol. The molecule has 1 unspecified atom stereocenters. The Balaban J connectivity index is 1.49. The molecular formula is C33H49N5O8. The molecule has 0 radical (unpaired) electrons. The van der Waals surface area contributed by atoms with Crippen LogP contribution < -0.4 is 21.7 Å². The summed E-state index contributed by atoms with van der Waals surface area (Å²) in [5.74, 6) is -3.34. The van der Waals surface area contributed by atoms with Crippen molar-refractivity contribution in [2.45, 2.75) is 105 Å². The van der Waals surface area contributed by atoms with E-state index in [0.29, 0.717) is 18.7 Å². The lowest BCUT2D eigenvalue weighted by Crippen LogP contribution is -2.62. The van der Waals surface area contributed by atoms with Crippen molar-refractivity contribution in [3.05, 3.63) is 24.2 Å². The lowest BCUT2D eigenvalue weighted by atomic mass is 9.80. The van der Waals surface area contributed by atoms with Gasteiger partial charge in [-0.15, -0.1) is 0 Å². The number of nitrogens with one attached hydrogen (secondary N) is 3. The molecule has 2 saturated carbocycles. The Morgan fingerprint density at radius 2 is 1.76 bits per heavy atom. The van der Waals surface area contributed by atoms with Gasteiger partial charge in [0.25, 0.3) is 5.91 Å². The summed E-state index contributed by atoms with van der Waals surface area (Å²) in [6, 6.07) is -1.42. The summed E-state index contributed by atoms with van der Waals surface area (Å²) in [6.07, 6.45) is 4.62. The van der Waals surface area contributed by atoms with Crippen LogP contribution in [0.4, 0.5) is 4.79 Å². The van der Waals surface area contributed by atoms with Crippen LogP contribution in [0.15, 0.2) is 22.8 Å². The Morgan fingerprint density at radius 3 is 2.28 bits per heavy atom. The highest BCUT2D eigenvalue weighted by atomic mass is 16.5. The summed E-state index contributed by atoms with van der Waals surface area (Å²) >= 11 is 0. The smallest absolute Gasteiger partial charge is 0.329 e. The number of ether oxygens (including phenoxy) is 1. The van der Waals surface area contributed by atoms with Crippen LogP contribution >= 0.6 is 0 Å². The predicted octanol–water partition coefficient (Wildman–Crippen LogP) is 2.27. The molecule has 3 aliphatic rings. The van der Waals surface area contributed by atoms with Crippen molar-refractivity contribution in [1.82, 2.24) is 20.9 Å². The standard InChI is InChI=1S/C33H49N5O8/c1-17(2)23(30(43)46-16-19-12-9-13-45-19)36-31(44)37-26(32(3,4)5)29(42)38-15-20-22(33(20,6)7)24(38)28(41)35-21(25(39)27(34)40)14-18-10-8-11-18/h9,12-13,17-18,20-24,26H,8,10-11,14-16H2,1-7H3,(H2,34,40)(H,35,41)(H2,36,37,44)/t20-,21?,22-,23-,24-,26+/m0/s1. The van der Waals surface area contributed by atoms with Gasteiger partial charge in [-0.05, 0) is 53.1 Å². The second kappa shape index (κ2) is 13.4. The number of ketones is 1. The number of primary amides is 1. The molecule has 4 rings (SSSR count). The van der Waals surface area contributed by atoms with Gasteiger partial charge in [-0.25, -0.2) is 9.59 Å². The first-order chi connectivity index (χ1) is 21.4. The van der Waals surface area contributed by atoms with E-state index in [1.807, 2.05) is 13.8 Å². The monoisotopic (exact) mass is 643 g/mol. The van der Waals surface area contributed by atoms with E-state index in [9.17, 15) is 28.8 Å². The molecule has 2 heterocycles. The highest BCUT2D eigenvalue weighted by Gasteiger charge is 2.70. The molecule has 46 heavy (non-hydrogen) atoms. The largest absolute Gasteiger partial charge is 0.466 e. The van der Waals surface area contributed by atoms with Crippen molar-refractivity contribution in [3.8, 4) is 0 Å². The number of hydrogen-bond acceptors (Lipinski definition) is 8. The Hall–Kier alpha value is -3.90. The van der Waals surface area contributed by atoms with Crippen molar-refractivity contribution in [1.29, 1.82) is 0 Å². The molecule has 5 amide bonds. The molecule has 2 aliphatic carbocycles. The van der Waals surface area contributed by atoms with E-state index < -0.39 is 65.1 Å². The Labute approximate surface area is 270 Å². The maximum atomic E-state index is 14.2. The second-order valence-corrected chi connectivity index (χ2v) is 15.0. The van der Waals surface area contributed by atoms with Crippen molar-refractivity contribution >= 4 is 35.5 Å². The molecule has 13 nitrogen and oxygen atoms in total. The molecule has 254 valence electrons. The number of amides is 5. The van der Waals surface area contributed by atoms with Crippen LogP contribution in [0, 0.1) is 34.5 Å². The van der Waals surface area contributed by atoms with Gasteiger partial charge in [0.15, 0.2) is 0 Å². The number of rotatable bonds is 13. The summed E-state index contributed by atoms with van der Waals surface area (Å²) in [6.45, 7) is 13.2. The van der Waals surface area contributed by atoms with Gasteiger partial charge in [-0.1, -0.05) is 67.7 Å². The summed E-state index contributed by atoms with van der Waals surface area (Å²) in [7, 11) is 0. The van der Waals surface area contributed by atoms with Crippen LogP contribution in [0.5, 0.6) is 0 Å². The van der Waals surface area contributed by atoms with Gasteiger partial charge in [0.1, 0.15) is 30.5 Å². The molecular weight excluding hydrogens is 594 g/mol. The number of likely N-dealkylation sites (tertiary alicyclic amines) is 1. The molecule has 1 aromatic rings. The summed E-state index contributed by atoms with van der Waals surface area (Å²) in [5.41, 5.74) is 4.33. The number of nitrogens with zero attached hydrogens (tertiary/aromatic N) is 1. The number of nitrogens with two attached hydrogens (primary N) is 1. The number of carbonyl (C=O) groups is 6. The summed E-state index contributed by atoms with van der Waals surface area (Å²) in [4.78, 5) is 80.2. The van der Waals surface area contributed by atoms with Gasteiger partial charge in [0, 0.05) is 6.54 Å². The lowest BCUT2D eigenvalue weighted by molar-refractivity contribution is -0.149. The van der Waals surface area contributed by atoms with E-state index in [1.165, 1.54) is 11.2 Å². The third-order valence-corrected chi connectivity index (χ3v) is 9.96. The molecule has 0 aromatic carbocycles. The molecule has 5 N–H and O–H groups in total. The van der Waals surface area contributed by atoms with Crippen LogP contribution in [0.2, 0.25) is 0 Å². The second-order valence-electron chi connectivity index (χ2n) is 15.0. The number of furan rings is 1. The van der Waals surface area contributed by atoms with E-state index >= 15 is 0 Å². The van der Waals surface area contributed by atoms with Crippen molar-refractivity contribution in [2.75, 3.05) is 6.54 Å². The highest BCUT2D eigenvalue weighted by Crippen LogP contribution is 2.65. The molecule has 0 bridgehead atoms. The lowest BCUT2D eigenvalue weighted by Gasteiger charge is -2.38. The molecule has 1 aliphatic heterocycles. The molecule has 3 fully saturated rings. The normalized spacial score (nSPS) is 23.7. The fraction of sp³-hybridized carbons (Fsp3) is 0.697. The Kier molecular flexibility index (Phi) is 10.2. The predicted molar refractivity (Wildman–Crippen MR) is 166 cm³/mol. The fourth-order valence-electron chi connectivity index (χ4n) is 6.79. The first-order valence-electron chi connectivity index (χ1n) is 16.1. The van der Waals surface area contributed by atoms with E-state index in [0.717, 1.165) is 19.3 Å². The van der Waals surface area contributed by atoms with Gasteiger partial charge >= 0.3 is 12.0 Å². The van der Waals surface area contributed by atoms with Crippen molar-refractivity contribution in [3.63, 3.8) is 0 Å². The Bertz CT molecular complexity index is 1330. The number of urea groups is 1.